The molecule has 1 heterocycles. The van der Waals surface area contributed by atoms with Gasteiger partial charge in [0.15, 0.2) is 0 Å². The number of hydrogen-bond acceptors (Lipinski definition) is 3. The molecule has 8 heteroatoms. The van der Waals surface area contributed by atoms with E-state index < -0.39 is 6.36 Å². The first-order valence-electron chi connectivity index (χ1n) is 7.50. The van der Waals surface area contributed by atoms with Crippen LogP contribution in [-0.2, 0) is 0 Å². The molecule has 0 bridgehead atoms. The quantitative estimate of drug-likeness (QED) is 0.756. The molecule has 1 N–H and O–H groups in total. The lowest BCUT2D eigenvalue weighted by Gasteiger charge is -2.35. The van der Waals surface area contributed by atoms with Crippen molar-refractivity contribution in [3.63, 3.8) is 0 Å². The molecule has 0 aliphatic carbocycles. The van der Waals surface area contributed by atoms with Gasteiger partial charge in [0.25, 0.3) is 0 Å². The van der Waals surface area contributed by atoms with Crippen molar-refractivity contribution >= 4 is 23.2 Å². The minimum Gasteiger partial charge on any atom is -0.485 e. The third kappa shape index (κ3) is 4.71. The van der Waals surface area contributed by atoms with Crippen LogP contribution in [0.5, 0.6) is 11.5 Å². The van der Waals surface area contributed by atoms with Crippen molar-refractivity contribution in [2.45, 2.75) is 12.5 Å². The van der Waals surface area contributed by atoms with Gasteiger partial charge in [0.1, 0.15) is 17.6 Å². The summed E-state index contributed by atoms with van der Waals surface area (Å²) >= 11 is 12.0. The zero-order valence-electron chi connectivity index (χ0n) is 12.8. The number of benzene rings is 2. The summed E-state index contributed by atoms with van der Waals surface area (Å²) in [5.74, 6) is 0.372. The zero-order valence-corrected chi connectivity index (χ0v) is 14.3. The third-order valence-corrected chi connectivity index (χ3v) is 4.57. The molecule has 2 aromatic rings. The Morgan fingerprint density at radius 2 is 1.60 bits per heavy atom. The van der Waals surface area contributed by atoms with Crippen LogP contribution in [0, 0.1) is 5.92 Å². The number of rotatable bonds is 5. The molecule has 1 fully saturated rings. The molecule has 1 saturated heterocycles. The molecule has 1 aliphatic rings. The lowest BCUT2D eigenvalue weighted by atomic mass is 9.91. The molecule has 0 saturated carbocycles. The van der Waals surface area contributed by atoms with Crippen LogP contribution < -0.4 is 14.8 Å². The van der Waals surface area contributed by atoms with Gasteiger partial charge in [0.05, 0.1) is 10.0 Å². The van der Waals surface area contributed by atoms with Crippen LogP contribution in [0.15, 0.2) is 42.5 Å². The second-order valence-corrected chi connectivity index (χ2v) is 6.46. The Labute approximate surface area is 152 Å². The SMILES string of the molecule is FC(F)(F)Oc1ccc(OC(c2ccc(Cl)c(Cl)c2)C2CNC2)cc1. The highest BCUT2D eigenvalue weighted by atomic mass is 35.5. The minimum atomic E-state index is -4.72. The van der Waals surface area contributed by atoms with Crippen molar-refractivity contribution in [1.29, 1.82) is 0 Å². The Kier molecular flexibility index (Phi) is 5.32. The summed E-state index contributed by atoms with van der Waals surface area (Å²) in [6.07, 6.45) is -5.01. The van der Waals surface area contributed by atoms with Crippen LogP contribution in [0.2, 0.25) is 10.0 Å². The summed E-state index contributed by atoms with van der Waals surface area (Å²) in [7, 11) is 0. The van der Waals surface area contributed by atoms with E-state index in [4.69, 9.17) is 27.9 Å². The molecule has 1 aliphatic heterocycles. The van der Waals surface area contributed by atoms with Gasteiger partial charge in [0.2, 0.25) is 0 Å². The van der Waals surface area contributed by atoms with Gasteiger partial charge in [-0.05, 0) is 42.0 Å². The summed E-state index contributed by atoms with van der Waals surface area (Å²) in [6, 6.07) is 10.6. The Hall–Kier alpha value is -1.63. The highest BCUT2D eigenvalue weighted by molar-refractivity contribution is 6.42. The topological polar surface area (TPSA) is 30.5 Å². The van der Waals surface area contributed by atoms with Gasteiger partial charge in [-0.15, -0.1) is 13.2 Å². The Balaban J connectivity index is 1.77. The molecule has 0 aromatic heterocycles. The summed E-state index contributed by atoms with van der Waals surface area (Å²) < 4.78 is 46.5. The number of halogens is 5. The van der Waals surface area contributed by atoms with E-state index in [9.17, 15) is 13.2 Å². The van der Waals surface area contributed by atoms with Crippen LogP contribution in [0.3, 0.4) is 0 Å². The molecule has 0 amide bonds. The lowest BCUT2D eigenvalue weighted by Crippen LogP contribution is -2.46. The van der Waals surface area contributed by atoms with Crippen molar-refractivity contribution in [3.05, 3.63) is 58.1 Å². The first-order valence-corrected chi connectivity index (χ1v) is 8.25. The van der Waals surface area contributed by atoms with Crippen LogP contribution in [0.1, 0.15) is 11.7 Å². The molecule has 1 unspecified atom stereocenters. The molecule has 3 rings (SSSR count). The Morgan fingerprint density at radius 3 is 2.12 bits per heavy atom. The largest absolute Gasteiger partial charge is 0.573 e. The van der Waals surface area contributed by atoms with E-state index in [1.165, 1.54) is 24.3 Å². The van der Waals surface area contributed by atoms with Gasteiger partial charge in [-0.25, -0.2) is 0 Å². The van der Waals surface area contributed by atoms with E-state index in [1.807, 2.05) is 6.07 Å². The van der Waals surface area contributed by atoms with E-state index in [0.717, 1.165) is 18.7 Å². The smallest absolute Gasteiger partial charge is 0.485 e. The number of alkyl halides is 3. The van der Waals surface area contributed by atoms with E-state index in [2.05, 4.69) is 10.1 Å². The van der Waals surface area contributed by atoms with Crippen LogP contribution >= 0.6 is 23.2 Å². The molecular formula is C17H14Cl2F3NO2. The molecular weight excluding hydrogens is 378 g/mol. The molecule has 25 heavy (non-hydrogen) atoms. The standard InChI is InChI=1S/C17H14Cl2F3NO2/c18-14-6-1-10(7-15(14)19)16(11-8-23-9-11)24-12-2-4-13(5-3-12)25-17(20,21)22/h1-7,11,16,23H,8-9H2. The molecule has 3 nitrogen and oxygen atoms in total. The average molecular weight is 392 g/mol. The maximum Gasteiger partial charge on any atom is 0.573 e. The summed E-state index contributed by atoms with van der Waals surface area (Å²) in [6.45, 7) is 1.56. The fraction of sp³-hybridized carbons (Fsp3) is 0.294. The van der Waals surface area contributed by atoms with Crippen molar-refractivity contribution in [2.24, 2.45) is 5.92 Å². The predicted molar refractivity (Wildman–Crippen MR) is 89.3 cm³/mol. The van der Waals surface area contributed by atoms with Crippen LogP contribution in [0.4, 0.5) is 13.2 Å². The van der Waals surface area contributed by atoms with E-state index in [0.29, 0.717) is 15.8 Å². The minimum absolute atomic E-state index is 0.225. The first-order chi connectivity index (χ1) is 11.8. The lowest BCUT2D eigenvalue weighted by molar-refractivity contribution is -0.274. The highest BCUT2D eigenvalue weighted by Crippen LogP contribution is 2.35. The summed E-state index contributed by atoms with van der Waals surface area (Å²) in [5, 5.41) is 4.05. The van der Waals surface area contributed by atoms with Gasteiger partial charge in [0, 0.05) is 19.0 Å². The van der Waals surface area contributed by atoms with E-state index in [1.54, 1.807) is 12.1 Å². The number of ether oxygens (including phenoxy) is 2. The first kappa shape index (κ1) is 18.2. The number of nitrogens with one attached hydrogen (secondary N) is 1. The van der Waals surface area contributed by atoms with Gasteiger partial charge in [-0.2, -0.15) is 0 Å². The molecule has 0 spiro atoms. The van der Waals surface area contributed by atoms with Gasteiger partial charge in [-0.1, -0.05) is 29.3 Å². The summed E-state index contributed by atoms with van der Waals surface area (Å²) in [5.41, 5.74) is 0.858. The van der Waals surface area contributed by atoms with Crippen molar-refractivity contribution in [1.82, 2.24) is 5.32 Å². The van der Waals surface area contributed by atoms with Crippen LogP contribution in [-0.4, -0.2) is 19.5 Å². The van der Waals surface area contributed by atoms with Crippen molar-refractivity contribution in [3.8, 4) is 11.5 Å². The van der Waals surface area contributed by atoms with Gasteiger partial charge >= 0.3 is 6.36 Å². The zero-order chi connectivity index (χ0) is 18.0. The molecule has 134 valence electrons. The van der Waals surface area contributed by atoms with Gasteiger partial charge < -0.3 is 14.8 Å². The molecule has 2 aromatic carbocycles. The van der Waals surface area contributed by atoms with Crippen molar-refractivity contribution < 1.29 is 22.6 Å². The third-order valence-electron chi connectivity index (χ3n) is 3.83. The normalized spacial score (nSPS) is 16.2. The molecule has 1 atom stereocenters. The van der Waals surface area contributed by atoms with Crippen LogP contribution in [0.25, 0.3) is 0 Å². The highest BCUT2D eigenvalue weighted by Gasteiger charge is 2.32. The monoisotopic (exact) mass is 391 g/mol. The fourth-order valence-corrected chi connectivity index (χ4v) is 2.82. The maximum absolute atomic E-state index is 12.2. The molecule has 0 radical (unpaired) electrons. The second kappa shape index (κ2) is 7.32. The Bertz CT molecular complexity index is 734. The summed E-state index contributed by atoms with van der Waals surface area (Å²) in [4.78, 5) is 0. The average Bonchev–Trinajstić information content (AvgIpc) is 2.48. The number of hydrogen-bond donors (Lipinski definition) is 1. The maximum atomic E-state index is 12.2. The Morgan fingerprint density at radius 1 is 0.960 bits per heavy atom. The van der Waals surface area contributed by atoms with E-state index >= 15 is 0 Å². The predicted octanol–water partition coefficient (Wildman–Crippen LogP) is 5.23. The van der Waals surface area contributed by atoms with Crippen molar-refractivity contribution in [2.75, 3.05) is 13.1 Å². The van der Waals surface area contributed by atoms with Gasteiger partial charge in [-0.3, -0.25) is 0 Å². The second-order valence-electron chi connectivity index (χ2n) is 5.65. The fourth-order valence-electron chi connectivity index (χ4n) is 2.52. The van der Waals surface area contributed by atoms with E-state index in [-0.39, 0.29) is 17.8 Å².